The van der Waals surface area contributed by atoms with Crippen molar-refractivity contribution in [1.82, 2.24) is 0 Å². The number of rotatable bonds is 11. The van der Waals surface area contributed by atoms with Gasteiger partial charge in [0.1, 0.15) is 0 Å². The molecule has 0 aromatic heterocycles. The average molecular weight is 309 g/mol. The molecule has 0 rings (SSSR count). The van der Waals surface area contributed by atoms with E-state index in [1.807, 2.05) is 0 Å². The van der Waals surface area contributed by atoms with Gasteiger partial charge in [-0.15, -0.1) is 0 Å². The van der Waals surface area contributed by atoms with Crippen molar-refractivity contribution in [2.24, 2.45) is 0 Å². The van der Waals surface area contributed by atoms with E-state index in [1.54, 1.807) is 28.4 Å². The molecule has 6 heteroatoms. The highest BCUT2D eigenvalue weighted by atomic mass is 28.4. The van der Waals surface area contributed by atoms with Gasteiger partial charge < -0.3 is 17.7 Å². The molecule has 0 N–H and O–H groups in total. The molecule has 0 saturated carbocycles. The largest absolute Gasteiger partial charge is 0.398 e. The second-order valence-electron chi connectivity index (χ2n) is 5.25. The van der Waals surface area contributed by atoms with Gasteiger partial charge in [-0.1, -0.05) is 32.6 Å². The number of unbranched alkanes of at least 4 members (excludes halogenated alkanes) is 3. The van der Waals surface area contributed by atoms with Gasteiger partial charge in [-0.25, -0.2) is 0 Å². The zero-order chi connectivity index (χ0) is 14.9. The Hall–Kier alpha value is 0.274. The van der Waals surface area contributed by atoms with Crippen LogP contribution in [0.2, 0.25) is 18.3 Å². The van der Waals surface area contributed by atoms with Gasteiger partial charge in [0.05, 0.1) is 0 Å². The zero-order valence-corrected chi connectivity index (χ0v) is 15.7. The fraction of sp³-hybridized carbons (Fsp3) is 1.00. The van der Waals surface area contributed by atoms with E-state index in [9.17, 15) is 0 Å². The first-order chi connectivity index (χ1) is 8.94. The van der Waals surface area contributed by atoms with E-state index in [4.69, 9.17) is 17.7 Å². The molecule has 0 aromatic carbocycles. The maximum absolute atomic E-state index is 5.75. The van der Waals surface area contributed by atoms with Crippen molar-refractivity contribution in [3.63, 3.8) is 0 Å². The monoisotopic (exact) mass is 308 g/mol. The van der Waals surface area contributed by atoms with Crippen LogP contribution >= 0.6 is 0 Å². The highest BCUT2D eigenvalue weighted by Gasteiger charge is 2.53. The normalized spacial score (nSPS) is 13.3. The van der Waals surface area contributed by atoms with Gasteiger partial charge in [0, 0.05) is 33.6 Å². The number of hydrogen-bond donors (Lipinski definition) is 0. The highest BCUT2D eigenvalue weighted by Crippen LogP contribution is 2.38. The molecule has 0 bridgehead atoms. The van der Waals surface area contributed by atoms with Crippen LogP contribution in [0.5, 0.6) is 0 Å². The first-order valence-electron chi connectivity index (χ1n) is 7.14. The highest BCUT2D eigenvalue weighted by molar-refractivity contribution is 6.87. The molecule has 0 spiro atoms. The van der Waals surface area contributed by atoms with Crippen LogP contribution < -0.4 is 0 Å². The Morgan fingerprint density at radius 1 is 0.737 bits per heavy atom. The minimum Gasteiger partial charge on any atom is -0.398 e. The maximum Gasteiger partial charge on any atom is 0.339 e. The molecule has 0 heterocycles. The Kier molecular flexibility index (Phi) is 9.39. The van der Waals surface area contributed by atoms with E-state index >= 15 is 0 Å². The van der Waals surface area contributed by atoms with Gasteiger partial charge in [0.15, 0.2) is 0 Å². The molecule has 0 aromatic rings. The minimum absolute atomic E-state index is 0.279. The van der Waals surface area contributed by atoms with Crippen LogP contribution in [0.15, 0.2) is 0 Å². The topological polar surface area (TPSA) is 36.9 Å². The van der Waals surface area contributed by atoms with Crippen LogP contribution in [-0.2, 0) is 17.7 Å². The summed E-state index contributed by atoms with van der Waals surface area (Å²) in [5.74, 6) is 0. The first-order valence-corrected chi connectivity index (χ1v) is 11.9. The third kappa shape index (κ3) is 5.28. The smallest absolute Gasteiger partial charge is 0.339 e. The van der Waals surface area contributed by atoms with E-state index in [2.05, 4.69) is 20.0 Å². The van der Waals surface area contributed by atoms with E-state index in [0.717, 1.165) is 6.42 Å². The summed E-state index contributed by atoms with van der Waals surface area (Å²) >= 11 is 0. The fourth-order valence-electron chi connectivity index (χ4n) is 2.51. The average Bonchev–Trinajstić information content (AvgIpc) is 2.45. The molecule has 0 fully saturated rings. The summed E-state index contributed by atoms with van der Waals surface area (Å²) in [5, 5.41) is 0.279. The van der Waals surface area contributed by atoms with Crippen molar-refractivity contribution in [2.45, 2.75) is 57.3 Å². The molecule has 0 amide bonds. The fourth-order valence-corrected chi connectivity index (χ4v) is 10.7. The van der Waals surface area contributed by atoms with Gasteiger partial charge in [-0.2, -0.15) is 0 Å². The van der Waals surface area contributed by atoms with Crippen molar-refractivity contribution in [1.29, 1.82) is 0 Å². The van der Waals surface area contributed by atoms with Crippen LogP contribution in [0.3, 0.4) is 0 Å². The van der Waals surface area contributed by atoms with Crippen LogP contribution in [0.1, 0.15) is 39.0 Å². The van der Waals surface area contributed by atoms with E-state index in [0.29, 0.717) is 0 Å². The minimum atomic E-state index is -2.25. The van der Waals surface area contributed by atoms with Crippen LogP contribution in [-0.4, -0.2) is 45.6 Å². The Labute approximate surface area is 121 Å². The summed E-state index contributed by atoms with van der Waals surface area (Å²) in [6, 6.07) is 0. The molecule has 0 aliphatic carbocycles. The molecule has 4 nitrogen and oxygen atoms in total. The van der Waals surface area contributed by atoms with Crippen LogP contribution in [0.25, 0.3) is 0 Å². The second-order valence-corrected chi connectivity index (χ2v) is 12.9. The summed E-state index contributed by atoms with van der Waals surface area (Å²) in [5.41, 5.74) is 0. The van der Waals surface area contributed by atoms with Gasteiger partial charge in [-0.3, -0.25) is 0 Å². The standard InChI is InChI=1S/C13H32O4Si2/c1-8-9-10-11-12-13(18(6,14-2)15-3)19(7,16-4)17-5/h13H,8-12H2,1-7H3. The number of hydrogen-bond acceptors (Lipinski definition) is 4. The Morgan fingerprint density at radius 2 is 1.16 bits per heavy atom. The molecular formula is C13H32O4Si2. The molecule has 116 valence electrons. The molecule has 0 unspecified atom stereocenters. The Morgan fingerprint density at radius 3 is 1.47 bits per heavy atom. The summed E-state index contributed by atoms with van der Waals surface area (Å²) < 4.78 is 23.0. The van der Waals surface area contributed by atoms with Gasteiger partial charge in [0.25, 0.3) is 0 Å². The van der Waals surface area contributed by atoms with Gasteiger partial charge in [-0.05, 0) is 19.5 Å². The van der Waals surface area contributed by atoms with Gasteiger partial charge in [0.2, 0.25) is 0 Å². The quantitative estimate of drug-likeness (QED) is 0.432. The third-order valence-electron chi connectivity index (χ3n) is 4.23. The molecule has 0 atom stereocenters. The lowest BCUT2D eigenvalue weighted by molar-refractivity contribution is 0.206. The second kappa shape index (κ2) is 9.25. The molecule has 0 aliphatic heterocycles. The molecule has 0 aliphatic rings. The Balaban J connectivity index is 4.92. The lowest BCUT2D eigenvalue weighted by Gasteiger charge is -2.40. The predicted molar refractivity (Wildman–Crippen MR) is 83.8 cm³/mol. The molecule has 0 radical (unpaired) electrons. The van der Waals surface area contributed by atoms with Crippen LogP contribution in [0.4, 0.5) is 0 Å². The van der Waals surface area contributed by atoms with Crippen molar-refractivity contribution < 1.29 is 17.7 Å². The van der Waals surface area contributed by atoms with Crippen LogP contribution in [0, 0.1) is 0 Å². The molecule has 19 heavy (non-hydrogen) atoms. The Bertz CT molecular complexity index is 213. The van der Waals surface area contributed by atoms with Crippen molar-refractivity contribution >= 4 is 17.1 Å². The van der Waals surface area contributed by atoms with Gasteiger partial charge >= 0.3 is 17.1 Å². The predicted octanol–water partition coefficient (Wildman–Crippen LogP) is 3.60. The van der Waals surface area contributed by atoms with Crippen molar-refractivity contribution in [3.8, 4) is 0 Å². The molecular weight excluding hydrogens is 276 g/mol. The summed E-state index contributed by atoms with van der Waals surface area (Å²) in [6.45, 7) is 6.45. The lowest BCUT2D eigenvalue weighted by atomic mass is 10.2. The lowest BCUT2D eigenvalue weighted by Crippen LogP contribution is -2.56. The van der Waals surface area contributed by atoms with E-state index in [1.165, 1.54) is 25.7 Å². The van der Waals surface area contributed by atoms with E-state index in [-0.39, 0.29) is 5.16 Å². The SMILES string of the molecule is CCCCCCC([Si](C)(OC)OC)[Si](C)(OC)OC. The molecule has 0 saturated heterocycles. The maximum atomic E-state index is 5.75. The summed E-state index contributed by atoms with van der Waals surface area (Å²) in [4.78, 5) is 0. The zero-order valence-electron chi connectivity index (χ0n) is 13.7. The van der Waals surface area contributed by atoms with E-state index < -0.39 is 17.1 Å². The summed E-state index contributed by atoms with van der Waals surface area (Å²) in [6.07, 6.45) is 6.03. The third-order valence-corrected chi connectivity index (χ3v) is 13.7. The van der Waals surface area contributed by atoms with Crippen molar-refractivity contribution in [2.75, 3.05) is 28.4 Å². The van der Waals surface area contributed by atoms with Crippen molar-refractivity contribution in [3.05, 3.63) is 0 Å². The summed E-state index contributed by atoms with van der Waals surface area (Å²) in [7, 11) is 2.47. The first kappa shape index (κ1) is 19.3.